The summed E-state index contributed by atoms with van der Waals surface area (Å²) < 4.78 is 31.8. The third kappa shape index (κ3) is 4.27. The maximum Gasteiger partial charge on any atom is 0.257 e. The minimum atomic E-state index is -3.55. The molecule has 0 radical (unpaired) electrons. The molecule has 7 nitrogen and oxygen atoms in total. The van der Waals surface area contributed by atoms with E-state index in [0.29, 0.717) is 25.1 Å². The second-order valence-electron chi connectivity index (χ2n) is 4.70. The van der Waals surface area contributed by atoms with Crippen LogP contribution < -0.4 is 10.5 Å². The lowest BCUT2D eigenvalue weighted by Crippen LogP contribution is -2.27. The predicted octanol–water partition coefficient (Wildman–Crippen LogP) is -0.0366. The van der Waals surface area contributed by atoms with Gasteiger partial charge in [0.15, 0.2) is 5.03 Å². The molecule has 0 saturated heterocycles. The van der Waals surface area contributed by atoms with Crippen molar-refractivity contribution < 1.29 is 13.2 Å². The summed E-state index contributed by atoms with van der Waals surface area (Å²) in [6.07, 6.45) is 4.59. The van der Waals surface area contributed by atoms with E-state index in [-0.39, 0.29) is 11.6 Å². The van der Waals surface area contributed by atoms with Crippen molar-refractivity contribution in [1.29, 1.82) is 0 Å². The van der Waals surface area contributed by atoms with Crippen LogP contribution in [-0.2, 0) is 21.3 Å². The lowest BCUT2D eigenvalue weighted by Gasteiger charge is -2.06. The van der Waals surface area contributed by atoms with Crippen LogP contribution >= 0.6 is 0 Å². The molecular weight excluding hydrogens is 268 g/mol. The van der Waals surface area contributed by atoms with Gasteiger partial charge in [-0.25, -0.2) is 13.1 Å². The number of sulfonamides is 1. The first-order valence-corrected chi connectivity index (χ1v) is 7.91. The Morgan fingerprint density at radius 3 is 3.00 bits per heavy atom. The molecule has 1 aromatic heterocycles. The van der Waals surface area contributed by atoms with Crippen molar-refractivity contribution >= 4 is 10.0 Å². The fourth-order valence-electron chi connectivity index (χ4n) is 1.66. The van der Waals surface area contributed by atoms with E-state index in [4.69, 9.17) is 10.5 Å². The van der Waals surface area contributed by atoms with Gasteiger partial charge >= 0.3 is 0 Å². The molecular formula is C11H20N4O3S. The summed E-state index contributed by atoms with van der Waals surface area (Å²) in [7, 11) is -3.55. The van der Waals surface area contributed by atoms with E-state index >= 15 is 0 Å². The summed E-state index contributed by atoms with van der Waals surface area (Å²) in [6.45, 7) is 1.85. The second-order valence-corrected chi connectivity index (χ2v) is 6.40. The van der Waals surface area contributed by atoms with Crippen molar-refractivity contribution in [3.63, 3.8) is 0 Å². The molecule has 1 heterocycles. The first kappa shape index (κ1) is 14.4. The van der Waals surface area contributed by atoms with Gasteiger partial charge in [-0.1, -0.05) is 0 Å². The molecule has 0 aromatic carbocycles. The molecule has 0 atom stereocenters. The monoisotopic (exact) mass is 288 g/mol. The van der Waals surface area contributed by atoms with E-state index in [0.717, 1.165) is 12.5 Å². The van der Waals surface area contributed by atoms with Crippen LogP contribution in [0.5, 0.6) is 0 Å². The molecule has 1 saturated carbocycles. The van der Waals surface area contributed by atoms with E-state index < -0.39 is 10.0 Å². The number of hydrogen-bond donors (Lipinski definition) is 3. The molecule has 0 aliphatic heterocycles. The maximum atomic E-state index is 11.9. The molecule has 0 spiro atoms. The van der Waals surface area contributed by atoms with Crippen molar-refractivity contribution in [3.8, 4) is 0 Å². The molecule has 1 aromatic rings. The Bertz CT molecular complexity index is 496. The summed E-state index contributed by atoms with van der Waals surface area (Å²) >= 11 is 0. The number of nitrogens with one attached hydrogen (secondary N) is 2. The zero-order valence-electron chi connectivity index (χ0n) is 10.8. The van der Waals surface area contributed by atoms with Crippen molar-refractivity contribution in [2.45, 2.75) is 30.8 Å². The smallest absolute Gasteiger partial charge is 0.257 e. The van der Waals surface area contributed by atoms with Crippen molar-refractivity contribution in [2.24, 2.45) is 11.7 Å². The molecule has 19 heavy (non-hydrogen) atoms. The lowest BCUT2D eigenvalue weighted by atomic mass is 10.4. The van der Waals surface area contributed by atoms with Crippen LogP contribution in [0.2, 0.25) is 0 Å². The van der Waals surface area contributed by atoms with Crippen molar-refractivity contribution in [2.75, 3.05) is 19.8 Å². The van der Waals surface area contributed by atoms with Crippen LogP contribution in [0.1, 0.15) is 24.8 Å². The van der Waals surface area contributed by atoms with E-state index in [2.05, 4.69) is 14.9 Å². The zero-order valence-corrected chi connectivity index (χ0v) is 11.6. The molecule has 4 N–H and O–H groups in total. The quantitative estimate of drug-likeness (QED) is 0.552. The van der Waals surface area contributed by atoms with Gasteiger partial charge in [-0.3, -0.25) is 5.10 Å². The third-order valence-corrected chi connectivity index (χ3v) is 4.45. The Kier molecular flexibility index (Phi) is 4.92. The van der Waals surface area contributed by atoms with Crippen molar-refractivity contribution in [1.82, 2.24) is 14.9 Å². The number of aromatic amines is 1. The van der Waals surface area contributed by atoms with Gasteiger partial charge in [0.2, 0.25) is 0 Å². The van der Waals surface area contributed by atoms with Gasteiger partial charge in [0.05, 0.1) is 6.20 Å². The summed E-state index contributed by atoms with van der Waals surface area (Å²) in [5.41, 5.74) is 5.93. The summed E-state index contributed by atoms with van der Waals surface area (Å²) in [5.74, 6) is 0.730. The fourth-order valence-corrected chi connectivity index (χ4v) is 2.88. The molecule has 1 aliphatic rings. The van der Waals surface area contributed by atoms with Gasteiger partial charge in [0.25, 0.3) is 10.0 Å². The first-order valence-electron chi connectivity index (χ1n) is 6.43. The third-order valence-electron chi connectivity index (χ3n) is 2.97. The highest BCUT2D eigenvalue weighted by Gasteiger charge is 2.21. The van der Waals surface area contributed by atoms with Gasteiger partial charge in [0.1, 0.15) is 0 Å². The highest BCUT2D eigenvalue weighted by molar-refractivity contribution is 7.89. The normalized spacial score (nSPS) is 15.8. The summed E-state index contributed by atoms with van der Waals surface area (Å²) in [5, 5.41) is 6.20. The molecule has 0 amide bonds. The van der Waals surface area contributed by atoms with Crippen LogP contribution in [0.4, 0.5) is 0 Å². The number of nitrogens with zero attached hydrogens (tertiary/aromatic N) is 1. The molecule has 0 bridgehead atoms. The summed E-state index contributed by atoms with van der Waals surface area (Å²) in [6, 6.07) is 0. The zero-order chi connectivity index (χ0) is 13.7. The van der Waals surface area contributed by atoms with Gasteiger partial charge < -0.3 is 10.5 Å². The van der Waals surface area contributed by atoms with Crippen LogP contribution in [0, 0.1) is 5.92 Å². The molecule has 0 unspecified atom stereocenters. The van der Waals surface area contributed by atoms with Crippen LogP contribution in [0.3, 0.4) is 0 Å². The maximum absolute atomic E-state index is 11.9. The highest BCUT2D eigenvalue weighted by Crippen LogP contribution is 2.28. The fraction of sp³-hybridized carbons (Fsp3) is 0.727. The number of H-pyrrole nitrogens is 1. The second kappa shape index (κ2) is 6.47. The molecule has 2 rings (SSSR count). The summed E-state index contributed by atoms with van der Waals surface area (Å²) in [4.78, 5) is 0. The SMILES string of the molecule is NCc1cn[nH]c1S(=O)(=O)NCCCOCC1CC1. The number of rotatable bonds is 9. The van der Waals surface area contributed by atoms with E-state index in [1.165, 1.54) is 19.0 Å². The molecule has 108 valence electrons. The number of aromatic nitrogens is 2. The standard InChI is InChI=1S/C11H20N4O3S/c12-6-10-7-13-15-11(10)19(16,17)14-4-1-5-18-8-9-2-3-9/h7,9,14H,1-6,8,12H2,(H,13,15). The number of nitrogens with two attached hydrogens (primary N) is 1. The van der Waals surface area contributed by atoms with Crippen molar-refractivity contribution in [3.05, 3.63) is 11.8 Å². The van der Waals surface area contributed by atoms with Gasteiger partial charge in [-0.2, -0.15) is 5.10 Å². The Hall–Kier alpha value is -0.960. The topological polar surface area (TPSA) is 110 Å². The average molecular weight is 288 g/mol. The van der Waals surface area contributed by atoms with E-state index in [9.17, 15) is 8.42 Å². The minimum Gasteiger partial charge on any atom is -0.381 e. The largest absolute Gasteiger partial charge is 0.381 e. The first-order chi connectivity index (χ1) is 9.13. The van der Waals surface area contributed by atoms with Gasteiger partial charge in [0, 0.05) is 31.9 Å². The van der Waals surface area contributed by atoms with E-state index in [1.54, 1.807) is 0 Å². The average Bonchev–Trinajstić information content (AvgIpc) is 3.06. The van der Waals surface area contributed by atoms with Gasteiger partial charge in [-0.15, -0.1) is 0 Å². The Labute approximate surface area is 113 Å². The van der Waals surface area contributed by atoms with Crippen LogP contribution in [0.25, 0.3) is 0 Å². The Morgan fingerprint density at radius 2 is 2.32 bits per heavy atom. The predicted molar refractivity (Wildman–Crippen MR) is 69.8 cm³/mol. The lowest BCUT2D eigenvalue weighted by molar-refractivity contribution is 0.123. The Balaban J connectivity index is 1.71. The van der Waals surface area contributed by atoms with E-state index in [1.807, 2.05) is 0 Å². The number of hydrogen-bond acceptors (Lipinski definition) is 5. The van der Waals surface area contributed by atoms with Crippen LogP contribution in [0.15, 0.2) is 11.2 Å². The molecule has 1 fully saturated rings. The van der Waals surface area contributed by atoms with Gasteiger partial charge in [-0.05, 0) is 25.2 Å². The highest BCUT2D eigenvalue weighted by atomic mass is 32.2. The Morgan fingerprint density at radius 1 is 1.53 bits per heavy atom. The number of ether oxygens (including phenoxy) is 1. The van der Waals surface area contributed by atoms with Crippen LogP contribution in [-0.4, -0.2) is 38.4 Å². The minimum absolute atomic E-state index is 0.0499. The molecule has 8 heteroatoms. The molecule has 1 aliphatic carbocycles.